The number of benzene rings is 1. The van der Waals surface area contributed by atoms with E-state index in [2.05, 4.69) is 34.6 Å². The molecule has 1 aliphatic heterocycles. The second-order valence-electron chi connectivity index (χ2n) is 5.94. The molecule has 0 radical (unpaired) electrons. The van der Waals surface area contributed by atoms with Crippen LogP contribution in [0.1, 0.15) is 24.8 Å². The van der Waals surface area contributed by atoms with Crippen LogP contribution < -0.4 is 5.32 Å². The monoisotopic (exact) mass is 268 g/mol. The predicted octanol–water partition coefficient (Wildman–Crippen LogP) is 2.89. The topological polar surface area (TPSA) is 34.1 Å². The lowest BCUT2D eigenvalue weighted by Gasteiger charge is -2.20. The van der Waals surface area contributed by atoms with Gasteiger partial charge in [0, 0.05) is 30.8 Å². The van der Waals surface area contributed by atoms with Crippen molar-refractivity contribution in [2.45, 2.75) is 38.0 Å². The fourth-order valence-electron chi connectivity index (χ4n) is 3.27. The highest BCUT2D eigenvalue weighted by molar-refractivity contribution is 5.81. The molecule has 2 heterocycles. The number of ether oxygens (including phenoxy) is 1. The Hall–Kier alpha value is -1.45. The Balaban J connectivity index is 1.50. The van der Waals surface area contributed by atoms with E-state index in [-0.39, 0.29) is 0 Å². The molecule has 1 aromatic carbocycles. The first kappa shape index (κ1) is 12.3. The van der Waals surface area contributed by atoms with E-state index in [0.717, 1.165) is 31.0 Å². The molecule has 3 nitrogen and oxygen atoms in total. The van der Waals surface area contributed by atoms with Gasteiger partial charge in [0.2, 0.25) is 0 Å². The molecule has 1 N–H and O–H groups in total. The van der Waals surface area contributed by atoms with Crippen molar-refractivity contribution in [3.8, 4) is 0 Å². The minimum Gasteiger partial charge on any atom is -0.376 e. The number of hydrogen-bond donors (Lipinski definition) is 1. The van der Waals surface area contributed by atoms with Crippen LogP contribution in [0, 0.1) is 5.92 Å². The first-order chi connectivity index (χ1) is 9.92. The molecule has 4 rings (SSSR count). The normalized spacial score (nSPS) is 26.2. The van der Waals surface area contributed by atoms with Crippen molar-refractivity contribution in [1.29, 1.82) is 0 Å². The summed E-state index contributed by atoms with van der Waals surface area (Å²) in [5.74, 6) is 0.809. The van der Waals surface area contributed by atoms with Crippen molar-refractivity contribution in [2.75, 3.05) is 6.61 Å². The van der Waals surface area contributed by atoms with E-state index >= 15 is 0 Å². The van der Waals surface area contributed by atoms with Gasteiger partial charge in [-0.3, -0.25) is 4.98 Å². The van der Waals surface area contributed by atoms with Crippen LogP contribution >= 0.6 is 0 Å². The second-order valence-corrected chi connectivity index (χ2v) is 5.94. The van der Waals surface area contributed by atoms with Gasteiger partial charge in [-0.25, -0.2) is 0 Å². The molecule has 1 saturated heterocycles. The maximum atomic E-state index is 5.89. The van der Waals surface area contributed by atoms with E-state index in [0.29, 0.717) is 12.1 Å². The number of rotatable bonds is 4. The minimum absolute atomic E-state index is 0.447. The average molecular weight is 268 g/mol. The summed E-state index contributed by atoms with van der Waals surface area (Å²) in [5.41, 5.74) is 2.41. The number of para-hydroxylation sites is 1. The standard InChI is InChI=1S/C17H20N2O/c1-2-4-15-14(3-1)13(7-9-18-15)11-19-16-8-10-20-17(16)12-5-6-12/h1-4,7,9,12,16-17,19H,5-6,8,10-11H2. The lowest BCUT2D eigenvalue weighted by Crippen LogP contribution is -2.37. The molecule has 20 heavy (non-hydrogen) atoms. The highest BCUT2D eigenvalue weighted by Gasteiger charge is 2.40. The van der Waals surface area contributed by atoms with Crippen molar-refractivity contribution in [1.82, 2.24) is 10.3 Å². The Kier molecular flexibility index (Phi) is 3.17. The van der Waals surface area contributed by atoms with Crippen LogP contribution in [0.15, 0.2) is 36.5 Å². The Morgan fingerprint density at radius 3 is 2.95 bits per heavy atom. The molecule has 2 atom stereocenters. The Bertz CT molecular complexity index is 603. The van der Waals surface area contributed by atoms with Crippen LogP contribution in [-0.2, 0) is 11.3 Å². The third kappa shape index (κ3) is 2.32. The van der Waals surface area contributed by atoms with Gasteiger partial charge in [-0.15, -0.1) is 0 Å². The Labute approximate surface area is 119 Å². The largest absolute Gasteiger partial charge is 0.376 e. The molecule has 3 heteroatoms. The van der Waals surface area contributed by atoms with Crippen molar-refractivity contribution < 1.29 is 4.74 Å². The van der Waals surface area contributed by atoms with Crippen LogP contribution in [0.25, 0.3) is 10.9 Å². The summed E-state index contributed by atoms with van der Waals surface area (Å²) in [7, 11) is 0. The van der Waals surface area contributed by atoms with E-state index in [1.165, 1.54) is 23.8 Å². The predicted molar refractivity (Wildman–Crippen MR) is 79.5 cm³/mol. The summed E-state index contributed by atoms with van der Waals surface area (Å²) in [6.07, 6.45) is 6.19. The number of fused-ring (bicyclic) bond motifs is 1. The van der Waals surface area contributed by atoms with Crippen LogP contribution in [0.4, 0.5) is 0 Å². The molecule has 2 unspecified atom stereocenters. The summed E-state index contributed by atoms with van der Waals surface area (Å²) >= 11 is 0. The lowest BCUT2D eigenvalue weighted by molar-refractivity contribution is 0.0809. The molecule has 2 aromatic rings. The van der Waals surface area contributed by atoms with E-state index in [1.54, 1.807) is 0 Å². The quantitative estimate of drug-likeness (QED) is 0.926. The van der Waals surface area contributed by atoms with Gasteiger partial charge in [-0.1, -0.05) is 18.2 Å². The molecular formula is C17H20N2O. The zero-order chi connectivity index (χ0) is 13.4. The molecule has 1 aliphatic carbocycles. The number of aromatic nitrogens is 1. The molecule has 0 spiro atoms. The van der Waals surface area contributed by atoms with E-state index < -0.39 is 0 Å². The van der Waals surface area contributed by atoms with Crippen LogP contribution in [0.3, 0.4) is 0 Å². The fraction of sp³-hybridized carbons (Fsp3) is 0.471. The zero-order valence-electron chi connectivity index (χ0n) is 11.6. The second kappa shape index (κ2) is 5.15. The number of nitrogens with zero attached hydrogens (tertiary/aromatic N) is 1. The zero-order valence-corrected chi connectivity index (χ0v) is 11.6. The van der Waals surface area contributed by atoms with E-state index in [9.17, 15) is 0 Å². The third-order valence-electron chi connectivity index (χ3n) is 4.52. The SMILES string of the molecule is c1ccc2c(CNC3CCOC3C3CC3)ccnc2c1. The van der Waals surface area contributed by atoms with Crippen LogP contribution in [0.5, 0.6) is 0 Å². The van der Waals surface area contributed by atoms with Gasteiger partial charge in [0.25, 0.3) is 0 Å². The molecule has 1 saturated carbocycles. The molecular weight excluding hydrogens is 248 g/mol. The van der Waals surface area contributed by atoms with Gasteiger partial charge in [0.1, 0.15) is 0 Å². The first-order valence-electron chi connectivity index (χ1n) is 7.59. The van der Waals surface area contributed by atoms with Gasteiger partial charge in [-0.2, -0.15) is 0 Å². The summed E-state index contributed by atoms with van der Waals surface area (Å²) in [4.78, 5) is 4.42. The Morgan fingerprint density at radius 2 is 2.05 bits per heavy atom. The number of hydrogen-bond acceptors (Lipinski definition) is 3. The highest BCUT2D eigenvalue weighted by Crippen LogP contribution is 2.38. The number of pyridine rings is 1. The summed E-state index contributed by atoms with van der Waals surface area (Å²) in [6.45, 7) is 1.82. The minimum atomic E-state index is 0.447. The van der Waals surface area contributed by atoms with Gasteiger partial charge in [-0.05, 0) is 42.9 Å². The number of nitrogens with one attached hydrogen (secondary N) is 1. The van der Waals surface area contributed by atoms with Gasteiger partial charge >= 0.3 is 0 Å². The van der Waals surface area contributed by atoms with Crippen LogP contribution in [-0.4, -0.2) is 23.7 Å². The molecule has 2 fully saturated rings. The summed E-state index contributed by atoms with van der Waals surface area (Å²) < 4.78 is 5.89. The summed E-state index contributed by atoms with van der Waals surface area (Å²) in [6, 6.07) is 11.0. The third-order valence-corrected chi connectivity index (χ3v) is 4.52. The van der Waals surface area contributed by atoms with E-state index in [4.69, 9.17) is 4.74 Å². The van der Waals surface area contributed by atoms with Crippen LogP contribution in [0.2, 0.25) is 0 Å². The lowest BCUT2D eigenvalue weighted by atomic mass is 10.0. The highest BCUT2D eigenvalue weighted by atomic mass is 16.5. The van der Waals surface area contributed by atoms with Gasteiger partial charge < -0.3 is 10.1 Å². The fourth-order valence-corrected chi connectivity index (χ4v) is 3.27. The summed E-state index contributed by atoms with van der Waals surface area (Å²) in [5, 5.41) is 4.96. The van der Waals surface area contributed by atoms with Crippen molar-refractivity contribution >= 4 is 10.9 Å². The van der Waals surface area contributed by atoms with Gasteiger partial charge in [0.15, 0.2) is 0 Å². The molecule has 104 valence electrons. The maximum Gasteiger partial charge on any atom is 0.0757 e. The van der Waals surface area contributed by atoms with Crippen molar-refractivity contribution in [3.05, 3.63) is 42.1 Å². The average Bonchev–Trinajstić information content (AvgIpc) is 3.24. The smallest absolute Gasteiger partial charge is 0.0757 e. The van der Waals surface area contributed by atoms with Crippen molar-refractivity contribution in [2.24, 2.45) is 5.92 Å². The molecule has 1 aromatic heterocycles. The van der Waals surface area contributed by atoms with Crippen molar-refractivity contribution in [3.63, 3.8) is 0 Å². The molecule has 2 aliphatic rings. The van der Waals surface area contributed by atoms with E-state index in [1.807, 2.05) is 12.3 Å². The first-order valence-corrected chi connectivity index (χ1v) is 7.59. The Morgan fingerprint density at radius 1 is 1.15 bits per heavy atom. The molecule has 0 amide bonds. The molecule has 0 bridgehead atoms. The maximum absolute atomic E-state index is 5.89. The van der Waals surface area contributed by atoms with Gasteiger partial charge in [0.05, 0.1) is 11.6 Å².